The largest absolute Gasteiger partial charge is 0.330 e. The summed E-state index contributed by atoms with van der Waals surface area (Å²) in [6, 6.07) is 0. The first-order chi connectivity index (χ1) is 8.30. The van der Waals surface area contributed by atoms with Gasteiger partial charge in [0, 0.05) is 19.6 Å². The normalized spacial score (nSPS) is 23.1. The van der Waals surface area contributed by atoms with Gasteiger partial charge in [-0.1, -0.05) is 19.8 Å². The van der Waals surface area contributed by atoms with Crippen molar-refractivity contribution < 1.29 is 0 Å². The molecule has 1 saturated heterocycles. The van der Waals surface area contributed by atoms with Crippen LogP contribution in [0.15, 0.2) is 0 Å². The molecule has 0 aromatic carbocycles. The summed E-state index contributed by atoms with van der Waals surface area (Å²) < 4.78 is 0. The number of nitrogens with two attached hydrogens (primary N) is 2. The smallest absolute Gasteiger partial charge is 0.0105 e. The molecule has 1 aliphatic heterocycles. The standard InChI is InChI=1S/C14H31N3/c1-2-13(4-3-8-15)5-6-14-7-10-17(12-14)11-9-16/h13-14H,2-12,15-16H2,1H3. The molecule has 1 aliphatic rings. The molecule has 0 aromatic heterocycles. The molecule has 0 aromatic rings. The lowest BCUT2D eigenvalue weighted by molar-refractivity contribution is 0.315. The van der Waals surface area contributed by atoms with Gasteiger partial charge in [0.05, 0.1) is 0 Å². The molecule has 0 radical (unpaired) electrons. The Balaban J connectivity index is 2.12. The zero-order chi connectivity index (χ0) is 12.5. The molecule has 4 N–H and O–H groups in total. The van der Waals surface area contributed by atoms with E-state index in [9.17, 15) is 0 Å². The van der Waals surface area contributed by atoms with E-state index in [2.05, 4.69) is 11.8 Å². The van der Waals surface area contributed by atoms with Crippen LogP contribution in [-0.4, -0.2) is 37.6 Å². The van der Waals surface area contributed by atoms with Crippen molar-refractivity contribution >= 4 is 0 Å². The highest BCUT2D eigenvalue weighted by Crippen LogP contribution is 2.25. The number of likely N-dealkylation sites (tertiary alicyclic amines) is 1. The van der Waals surface area contributed by atoms with Crippen LogP contribution in [0.2, 0.25) is 0 Å². The van der Waals surface area contributed by atoms with Crippen molar-refractivity contribution in [3.63, 3.8) is 0 Å². The van der Waals surface area contributed by atoms with Gasteiger partial charge in [-0.15, -0.1) is 0 Å². The molecule has 0 amide bonds. The first-order valence-corrected chi connectivity index (χ1v) is 7.42. The third-order valence-electron chi connectivity index (χ3n) is 4.19. The molecule has 0 saturated carbocycles. The first-order valence-electron chi connectivity index (χ1n) is 7.42. The summed E-state index contributed by atoms with van der Waals surface area (Å²) in [5.74, 6) is 1.83. The van der Waals surface area contributed by atoms with Crippen LogP contribution in [0, 0.1) is 11.8 Å². The molecular formula is C14H31N3. The van der Waals surface area contributed by atoms with Gasteiger partial charge < -0.3 is 16.4 Å². The second-order valence-electron chi connectivity index (χ2n) is 5.53. The molecule has 1 heterocycles. The van der Waals surface area contributed by atoms with Crippen LogP contribution >= 0.6 is 0 Å². The van der Waals surface area contributed by atoms with E-state index in [4.69, 9.17) is 11.5 Å². The minimum Gasteiger partial charge on any atom is -0.330 e. The highest BCUT2D eigenvalue weighted by Gasteiger charge is 2.22. The maximum atomic E-state index is 5.60. The van der Waals surface area contributed by atoms with E-state index in [1.165, 1.54) is 51.6 Å². The van der Waals surface area contributed by atoms with Crippen LogP contribution in [0.3, 0.4) is 0 Å². The molecule has 102 valence electrons. The molecular weight excluding hydrogens is 210 g/mol. The van der Waals surface area contributed by atoms with Crippen molar-refractivity contribution in [2.45, 2.75) is 45.4 Å². The van der Waals surface area contributed by atoms with Gasteiger partial charge in [0.25, 0.3) is 0 Å². The predicted molar refractivity (Wildman–Crippen MR) is 74.9 cm³/mol. The van der Waals surface area contributed by atoms with Crippen molar-refractivity contribution in [2.75, 3.05) is 32.7 Å². The highest BCUT2D eigenvalue weighted by atomic mass is 15.1. The minimum atomic E-state index is 0.806. The first kappa shape index (κ1) is 14.9. The quantitative estimate of drug-likeness (QED) is 0.647. The molecule has 3 heteroatoms. The molecule has 17 heavy (non-hydrogen) atoms. The SMILES string of the molecule is CCC(CCCN)CCC1CCN(CCN)C1. The van der Waals surface area contributed by atoms with E-state index < -0.39 is 0 Å². The van der Waals surface area contributed by atoms with Gasteiger partial charge in [0.15, 0.2) is 0 Å². The van der Waals surface area contributed by atoms with Crippen molar-refractivity contribution in [3.8, 4) is 0 Å². The van der Waals surface area contributed by atoms with Crippen molar-refractivity contribution in [2.24, 2.45) is 23.3 Å². The Hall–Kier alpha value is -0.120. The van der Waals surface area contributed by atoms with Crippen LogP contribution < -0.4 is 11.5 Å². The van der Waals surface area contributed by atoms with Gasteiger partial charge in [0.2, 0.25) is 0 Å². The maximum absolute atomic E-state index is 5.60. The third-order valence-corrected chi connectivity index (χ3v) is 4.19. The van der Waals surface area contributed by atoms with Crippen LogP contribution in [0.25, 0.3) is 0 Å². The van der Waals surface area contributed by atoms with Gasteiger partial charge in [-0.3, -0.25) is 0 Å². The summed E-state index contributed by atoms with van der Waals surface area (Å²) in [5, 5.41) is 0. The van der Waals surface area contributed by atoms with E-state index in [1.807, 2.05) is 0 Å². The molecule has 3 nitrogen and oxygen atoms in total. The second kappa shape index (κ2) is 8.90. The van der Waals surface area contributed by atoms with Crippen molar-refractivity contribution in [1.29, 1.82) is 0 Å². The molecule has 1 rings (SSSR count). The lowest BCUT2D eigenvalue weighted by Crippen LogP contribution is -2.27. The monoisotopic (exact) mass is 241 g/mol. The number of hydrogen-bond acceptors (Lipinski definition) is 3. The average Bonchev–Trinajstić information content (AvgIpc) is 2.78. The Labute approximate surface area is 107 Å². The summed E-state index contributed by atoms with van der Waals surface area (Å²) in [7, 11) is 0. The molecule has 0 bridgehead atoms. The van der Waals surface area contributed by atoms with Gasteiger partial charge >= 0.3 is 0 Å². The van der Waals surface area contributed by atoms with Crippen LogP contribution in [0.1, 0.15) is 45.4 Å². The van der Waals surface area contributed by atoms with Crippen LogP contribution in [0.4, 0.5) is 0 Å². The molecule has 2 unspecified atom stereocenters. The summed E-state index contributed by atoms with van der Waals surface area (Å²) >= 11 is 0. The molecule has 2 atom stereocenters. The predicted octanol–water partition coefficient (Wildman–Crippen LogP) is 1.81. The summed E-state index contributed by atoms with van der Waals surface area (Å²) in [4.78, 5) is 2.52. The second-order valence-corrected chi connectivity index (χ2v) is 5.53. The van der Waals surface area contributed by atoms with Gasteiger partial charge in [-0.2, -0.15) is 0 Å². The Morgan fingerprint density at radius 1 is 1.24 bits per heavy atom. The van der Waals surface area contributed by atoms with Gasteiger partial charge in [-0.25, -0.2) is 0 Å². The summed E-state index contributed by atoms with van der Waals surface area (Å²) in [6.07, 6.45) is 8.03. The van der Waals surface area contributed by atoms with E-state index in [0.717, 1.165) is 31.5 Å². The van der Waals surface area contributed by atoms with E-state index in [1.54, 1.807) is 0 Å². The van der Waals surface area contributed by atoms with E-state index >= 15 is 0 Å². The Kier molecular flexibility index (Phi) is 7.82. The Morgan fingerprint density at radius 2 is 2.06 bits per heavy atom. The van der Waals surface area contributed by atoms with E-state index in [0.29, 0.717) is 0 Å². The Morgan fingerprint density at radius 3 is 2.71 bits per heavy atom. The third kappa shape index (κ3) is 5.84. The zero-order valence-corrected chi connectivity index (χ0v) is 11.5. The zero-order valence-electron chi connectivity index (χ0n) is 11.5. The number of rotatable bonds is 9. The molecule has 0 aliphatic carbocycles. The van der Waals surface area contributed by atoms with Gasteiger partial charge in [0.1, 0.15) is 0 Å². The lowest BCUT2D eigenvalue weighted by Gasteiger charge is -2.18. The highest BCUT2D eigenvalue weighted by molar-refractivity contribution is 4.76. The van der Waals surface area contributed by atoms with Gasteiger partial charge in [-0.05, 0) is 50.6 Å². The Bertz CT molecular complexity index is 184. The summed E-state index contributed by atoms with van der Waals surface area (Å²) in [5.41, 5.74) is 11.2. The molecule has 0 spiro atoms. The lowest BCUT2D eigenvalue weighted by atomic mass is 9.90. The number of nitrogens with zero attached hydrogens (tertiary/aromatic N) is 1. The van der Waals surface area contributed by atoms with Crippen LogP contribution in [0.5, 0.6) is 0 Å². The van der Waals surface area contributed by atoms with E-state index in [-0.39, 0.29) is 0 Å². The fraction of sp³-hybridized carbons (Fsp3) is 1.00. The average molecular weight is 241 g/mol. The number of hydrogen-bond donors (Lipinski definition) is 2. The minimum absolute atomic E-state index is 0.806. The van der Waals surface area contributed by atoms with Crippen molar-refractivity contribution in [3.05, 3.63) is 0 Å². The van der Waals surface area contributed by atoms with Crippen LogP contribution in [-0.2, 0) is 0 Å². The molecule has 1 fully saturated rings. The summed E-state index contributed by atoms with van der Waals surface area (Å²) in [6.45, 7) is 7.61. The fourth-order valence-corrected chi connectivity index (χ4v) is 2.96. The topological polar surface area (TPSA) is 55.3 Å². The van der Waals surface area contributed by atoms with Crippen molar-refractivity contribution in [1.82, 2.24) is 4.90 Å². The maximum Gasteiger partial charge on any atom is 0.0105 e. The fourth-order valence-electron chi connectivity index (χ4n) is 2.96.